The Hall–Kier alpha value is -2.70. The highest BCUT2D eigenvalue weighted by molar-refractivity contribution is 6.31. The van der Waals surface area contributed by atoms with E-state index in [2.05, 4.69) is 5.32 Å². The van der Waals surface area contributed by atoms with E-state index in [-0.39, 0.29) is 41.7 Å². The van der Waals surface area contributed by atoms with Gasteiger partial charge in [0.2, 0.25) is 0 Å². The summed E-state index contributed by atoms with van der Waals surface area (Å²) in [4.78, 5) is 25.4. The van der Waals surface area contributed by atoms with Crippen LogP contribution in [0.3, 0.4) is 0 Å². The van der Waals surface area contributed by atoms with Gasteiger partial charge < -0.3 is 20.3 Å². The van der Waals surface area contributed by atoms with E-state index >= 15 is 0 Å². The molecule has 0 amide bonds. The number of carbonyl (C=O) groups is 2. The predicted octanol–water partition coefficient (Wildman–Crippen LogP) is 1.59. The molecular formula is C18H17NO5. The molecular weight excluding hydrogens is 310 g/mol. The lowest BCUT2D eigenvalue weighted by Gasteiger charge is -2.21. The Morgan fingerprint density at radius 2 is 1.58 bits per heavy atom. The lowest BCUT2D eigenvalue weighted by atomic mass is 9.82. The molecule has 24 heavy (non-hydrogen) atoms. The minimum atomic E-state index is -0.363. The van der Waals surface area contributed by atoms with E-state index in [1.807, 2.05) is 0 Å². The largest absolute Gasteiger partial charge is 0.507 e. The molecule has 2 aromatic carbocycles. The molecule has 0 atom stereocenters. The SMILES string of the molecule is O=C1c2ccccc2C(=O)c2c(NCCOCCO)ccc(O)c21. The molecule has 0 aromatic heterocycles. The van der Waals surface area contributed by atoms with E-state index in [0.29, 0.717) is 30.0 Å². The van der Waals surface area contributed by atoms with Gasteiger partial charge in [-0.3, -0.25) is 9.59 Å². The minimum Gasteiger partial charge on any atom is -0.507 e. The molecule has 124 valence electrons. The number of ketones is 2. The number of nitrogens with one attached hydrogen (secondary N) is 1. The number of ether oxygens (including phenoxy) is 1. The van der Waals surface area contributed by atoms with Gasteiger partial charge in [-0.1, -0.05) is 24.3 Å². The zero-order valence-electron chi connectivity index (χ0n) is 12.9. The Kier molecular flexibility index (Phi) is 4.59. The number of hydrogen-bond acceptors (Lipinski definition) is 6. The fourth-order valence-electron chi connectivity index (χ4n) is 2.78. The van der Waals surface area contributed by atoms with Gasteiger partial charge in [0.15, 0.2) is 11.6 Å². The van der Waals surface area contributed by atoms with E-state index in [9.17, 15) is 14.7 Å². The average molecular weight is 327 g/mol. The van der Waals surface area contributed by atoms with E-state index in [1.54, 1.807) is 30.3 Å². The second kappa shape index (κ2) is 6.82. The molecule has 6 nitrogen and oxygen atoms in total. The highest BCUT2D eigenvalue weighted by Gasteiger charge is 2.33. The number of benzene rings is 2. The lowest BCUT2D eigenvalue weighted by Crippen LogP contribution is -2.23. The highest BCUT2D eigenvalue weighted by Crippen LogP contribution is 2.36. The second-order valence-electron chi connectivity index (χ2n) is 5.35. The number of hydrogen-bond donors (Lipinski definition) is 3. The molecule has 3 rings (SSSR count). The summed E-state index contributed by atoms with van der Waals surface area (Å²) >= 11 is 0. The molecule has 0 spiro atoms. The fraction of sp³-hybridized carbons (Fsp3) is 0.222. The Balaban J connectivity index is 1.95. The first-order valence-corrected chi connectivity index (χ1v) is 7.62. The minimum absolute atomic E-state index is 0.0278. The second-order valence-corrected chi connectivity index (χ2v) is 5.35. The van der Waals surface area contributed by atoms with Crippen LogP contribution in [0.25, 0.3) is 0 Å². The third-order valence-corrected chi connectivity index (χ3v) is 3.85. The van der Waals surface area contributed by atoms with Gasteiger partial charge in [-0.25, -0.2) is 0 Å². The number of phenolic OH excluding ortho intramolecular Hbond substituents is 1. The van der Waals surface area contributed by atoms with Crippen LogP contribution in [-0.4, -0.2) is 48.1 Å². The van der Waals surface area contributed by atoms with Gasteiger partial charge in [0.1, 0.15) is 5.75 Å². The van der Waals surface area contributed by atoms with Gasteiger partial charge in [-0.05, 0) is 12.1 Å². The maximum Gasteiger partial charge on any atom is 0.198 e. The summed E-state index contributed by atoms with van der Waals surface area (Å²) in [6, 6.07) is 9.55. The molecule has 2 aromatic rings. The molecule has 1 aliphatic rings. The third-order valence-electron chi connectivity index (χ3n) is 3.85. The molecule has 0 radical (unpaired) electrons. The van der Waals surface area contributed by atoms with Gasteiger partial charge in [-0.15, -0.1) is 0 Å². The van der Waals surface area contributed by atoms with Crippen molar-refractivity contribution in [1.82, 2.24) is 0 Å². The maximum atomic E-state index is 12.8. The number of carbonyl (C=O) groups excluding carboxylic acids is 2. The smallest absolute Gasteiger partial charge is 0.198 e. The summed E-state index contributed by atoms with van der Waals surface area (Å²) in [6.45, 7) is 0.924. The number of aliphatic hydroxyl groups is 1. The normalized spacial score (nSPS) is 12.7. The summed E-state index contributed by atoms with van der Waals surface area (Å²) < 4.78 is 5.16. The molecule has 0 bridgehead atoms. The van der Waals surface area contributed by atoms with E-state index in [1.165, 1.54) is 6.07 Å². The Bertz CT molecular complexity index is 800. The quantitative estimate of drug-likeness (QED) is 0.470. The zero-order chi connectivity index (χ0) is 17.1. The molecule has 3 N–H and O–H groups in total. The van der Waals surface area contributed by atoms with Crippen LogP contribution < -0.4 is 5.32 Å². The van der Waals surface area contributed by atoms with Crippen LogP contribution in [0.5, 0.6) is 5.75 Å². The molecule has 0 heterocycles. The third kappa shape index (κ3) is 2.77. The van der Waals surface area contributed by atoms with E-state index in [0.717, 1.165) is 0 Å². The number of aliphatic hydroxyl groups excluding tert-OH is 1. The average Bonchev–Trinajstić information content (AvgIpc) is 2.60. The van der Waals surface area contributed by atoms with Crippen molar-refractivity contribution in [3.05, 3.63) is 58.7 Å². The number of phenols is 1. The molecule has 6 heteroatoms. The predicted molar refractivity (Wildman–Crippen MR) is 87.8 cm³/mol. The van der Waals surface area contributed by atoms with Crippen LogP contribution in [0.4, 0.5) is 5.69 Å². The van der Waals surface area contributed by atoms with Crippen LogP contribution in [-0.2, 0) is 4.74 Å². The molecule has 0 aliphatic heterocycles. The van der Waals surface area contributed by atoms with Crippen molar-refractivity contribution in [3.8, 4) is 5.75 Å². The van der Waals surface area contributed by atoms with E-state index < -0.39 is 0 Å². The molecule has 0 unspecified atom stereocenters. The Morgan fingerprint density at radius 3 is 2.25 bits per heavy atom. The summed E-state index contributed by atoms with van der Waals surface area (Å²) in [5.74, 6) is -0.868. The van der Waals surface area contributed by atoms with Gasteiger partial charge >= 0.3 is 0 Å². The van der Waals surface area contributed by atoms with Crippen molar-refractivity contribution < 1.29 is 24.5 Å². The summed E-state index contributed by atoms with van der Waals surface area (Å²) in [5.41, 5.74) is 1.32. The first-order valence-electron chi connectivity index (χ1n) is 7.62. The topological polar surface area (TPSA) is 95.9 Å². The van der Waals surface area contributed by atoms with Crippen molar-refractivity contribution in [2.45, 2.75) is 0 Å². The number of aromatic hydroxyl groups is 1. The van der Waals surface area contributed by atoms with Crippen molar-refractivity contribution in [3.63, 3.8) is 0 Å². The van der Waals surface area contributed by atoms with Crippen LogP contribution in [0.1, 0.15) is 31.8 Å². The van der Waals surface area contributed by atoms with Crippen molar-refractivity contribution in [2.24, 2.45) is 0 Å². The van der Waals surface area contributed by atoms with Crippen LogP contribution >= 0.6 is 0 Å². The summed E-state index contributed by atoms with van der Waals surface area (Å²) in [6.07, 6.45) is 0. The summed E-state index contributed by atoms with van der Waals surface area (Å²) in [5, 5.41) is 21.8. The monoisotopic (exact) mass is 327 g/mol. The standard InChI is InChI=1S/C18H17NO5/c20-8-10-24-9-7-19-13-5-6-14(21)16-15(13)17(22)11-3-1-2-4-12(11)18(16)23/h1-6,19-21H,7-10H2. The van der Waals surface area contributed by atoms with Crippen LogP contribution in [0.15, 0.2) is 36.4 Å². The Labute approximate surface area is 138 Å². The maximum absolute atomic E-state index is 12.8. The van der Waals surface area contributed by atoms with Crippen LogP contribution in [0.2, 0.25) is 0 Å². The first-order chi connectivity index (χ1) is 11.6. The molecule has 0 saturated heterocycles. The van der Waals surface area contributed by atoms with Crippen LogP contribution in [0, 0.1) is 0 Å². The number of rotatable bonds is 6. The van der Waals surface area contributed by atoms with Gasteiger partial charge in [0.25, 0.3) is 0 Å². The zero-order valence-corrected chi connectivity index (χ0v) is 12.9. The van der Waals surface area contributed by atoms with Gasteiger partial charge in [0, 0.05) is 23.4 Å². The summed E-state index contributed by atoms with van der Waals surface area (Å²) in [7, 11) is 0. The number of fused-ring (bicyclic) bond motifs is 2. The lowest BCUT2D eigenvalue weighted by molar-refractivity contribution is 0.0975. The van der Waals surface area contributed by atoms with Crippen molar-refractivity contribution in [1.29, 1.82) is 0 Å². The van der Waals surface area contributed by atoms with Gasteiger partial charge in [0.05, 0.1) is 30.9 Å². The molecule has 0 fully saturated rings. The first kappa shape index (κ1) is 16.2. The van der Waals surface area contributed by atoms with Crippen molar-refractivity contribution >= 4 is 17.3 Å². The fourth-order valence-corrected chi connectivity index (χ4v) is 2.78. The highest BCUT2D eigenvalue weighted by atomic mass is 16.5. The molecule has 0 saturated carbocycles. The molecule has 1 aliphatic carbocycles. The Morgan fingerprint density at radius 1 is 0.917 bits per heavy atom. The van der Waals surface area contributed by atoms with Crippen molar-refractivity contribution in [2.75, 3.05) is 31.7 Å². The van der Waals surface area contributed by atoms with Gasteiger partial charge in [-0.2, -0.15) is 0 Å². The number of anilines is 1. The van der Waals surface area contributed by atoms with E-state index in [4.69, 9.17) is 9.84 Å².